The fourth-order valence-electron chi connectivity index (χ4n) is 2.26. The third kappa shape index (κ3) is 3.34. The zero-order valence-electron chi connectivity index (χ0n) is 13.2. The van der Waals surface area contributed by atoms with Crippen LogP contribution in [-0.4, -0.2) is 26.3 Å². The highest BCUT2D eigenvalue weighted by Crippen LogP contribution is 2.27. The molecular weight excluding hydrogens is 405 g/mol. The van der Waals surface area contributed by atoms with Gasteiger partial charge in [0.05, 0.1) is 33.0 Å². The molecule has 3 aromatic rings. The van der Waals surface area contributed by atoms with Crippen molar-refractivity contribution in [2.45, 2.75) is 0 Å². The molecule has 0 aliphatic heterocycles. The Morgan fingerprint density at radius 3 is 2.22 bits per heavy atom. The first-order valence-electron chi connectivity index (χ1n) is 7.04. The van der Waals surface area contributed by atoms with Crippen molar-refractivity contribution < 1.29 is 35.4 Å². The first-order chi connectivity index (χ1) is 11.2. The van der Waals surface area contributed by atoms with Crippen LogP contribution in [0.25, 0.3) is 10.9 Å². The van der Waals surface area contributed by atoms with Crippen LogP contribution in [0.2, 0.25) is 0 Å². The molecule has 0 saturated heterocycles. The number of hydrogen-bond donors (Lipinski definition) is 0. The van der Waals surface area contributed by atoms with Gasteiger partial charge in [-0.25, -0.2) is 0 Å². The van der Waals surface area contributed by atoms with E-state index in [1.807, 2.05) is 36.5 Å². The topological polar surface area (TPSA) is 40.6 Å². The Morgan fingerprint density at radius 1 is 0.870 bits per heavy atom. The van der Waals surface area contributed by atoms with E-state index in [1.54, 1.807) is 21.3 Å². The lowest BCUT2D eigenvalue weighted by atomic mass is 10.2. The number of pyridine rings is 1. The van der Waals surface area contributed by atoms with Gasteiger partial charge in [0.2, 0.25) is 3.57 Å². The molecule has 0 fully saturated rings. The summed E-state index contributed by atoms with van der Waals surface area (Å²) in [5, 5.41) is 1.15. The molecule has 0 saturated carbocycles. The van der Waals surface area contributed by atoms with E-state index < -0.39 is 21.2 Å². The summed E-state index contributed by atoms with van der Waals surface area (Å²) in [7, 11) is 4.97. The number of nitrogens with zero attached hydrogens (tertiary/aromatic N) is 1. The molecule has 4 nitrogen and oxygen atoms in total. The smallest absolute Gasteiger partial charge is 0.367 e. The molecule has 1 heterocycles. The van der Waals surface area contributed by atoms with Crippen molar-refractivity contribution in [1.29, 1.82) is 0 Å². The molecule has 118 valence electrons. The van der Waals surface area contributed by atoms with Gasteiger partial charge in [-0.15, -0.1) is 0 Å². The molecule has 0 aliphatic rings. The Kier molecular flexibility index (Phi) is 4.85. The Labute approximate surface area is 145 Å². The lowest BCUT2D eigenvalue weighted by Crippen LogP contribution is -3.61. The van der Waals surface area contributed by atoms with Crippen molar-refractivity contribution in [1.82, 2.24) is 4.98 Å². The van der Waals surface area contributed by atoms with Crippen LogP contribution in [0.1, 0.15) is 0 Å². The number of rotatable bonds is 5. The van der Waals surface area contributed by atoms with Gasteiger partial charge in [-0.3, -0.25) is 4.98 Å². The molecule has 0 unspecified atom stereocenters. The number of methoxy groups -OCH3 is 3. The standard InChI is InChI=1S/C18H17INO3/c1-21-14-9-16(22-2)18(17(10-14)23-3)19-13-8-12-6-4-5-7-15(12)20-11-13/h4-11H,1-3H3/q+1. The average molecular weight is 422 g/mol. The van der Waals surface area contributed by atoms with Crippen molar-refractivity contribution >= 4 is 10.9 Å². The largest absolute Gasteiger partial charge is 0.496 e. The van der Waals surface area contributed by atoms with Crippen LogP contribution < -0.4 is 35.4 Å². The summed E-state index contributed by atoms with van der Waals surface area (Å²) in [4.78, 5) is 4.54. The number of ether oxygens (including phenoxy) is 3. The number of benzene rings is 2. The van der Waals surface area contributed by atoms with E-state index in [9.17, 15) is 0 Å². The van der Waals surface area contributed by atoms with E-state index in [1.165, 1.54) is 3.57 Å². The van der Waals surface area contributed by atoms with Gasteiger partial charge in [0, 0.05) is 23.6 Å². The molecule has 0 aliphatic carbocycles. The van der Waals surface area contributed by atoms with Gasteiger partial charge in [-0.1, -0.05) is 18.2 Å². The zero-order valence-corrected chi connectivity index (χ0v) is 15.3. The average Bonchev–Trinajstić information content (AvgIpc) is 2.61. The number of aromatic nitrogens is 1. The minimum absolute atomic E-state index is 0.488. The third-order valence-electron chi connectivity index (χ3n) is 3.42. The van der Waals surface area contributed by atoms with E-state index in [4.69, 9.17) is 14.2 Å². The van der Waals surface area contributed by atoms with E-state index in [0.29, 0.717) is 0 Å². The van der Waals surface area contributed by atoms with Crippen molar-refractivity contribution in [3.8, 4) is 17.2 Å². The second-order valence-electron chi connectivity index (χ2n) is 4.79. The first-order valence-corrected chi connectivity index (χ1v) is 9.20. The maximum atomic E-state index is 5.54. The molecule has 1 aromatic heterocycles. The summed E-state index contributed by atoms with van der Waals surface area (Å²) in [5.74, 6) is 2.31. The van der Waals surface area contributed by atoms with Crippen LogP contribution in [0.3, 0.4) is 0 Å². The maximum Gasteiger partial charge on any atom is 0.367 e. The summed E-state index contributed by atoms with van der Waals surface area (Å²) < 4.78 is 18.7. The lowest BCUT2D eigenvalue weighted by molar-refractivity contribution is -0.599. The summed E-state index contributed by atoms with van der Waals surface area (Å²) >= 11 is -0.488. The van der Waals surface area contributed by atoms with Crippen LogP contribution in [0.15, 0.2) is 48.7 Å². The highest BCUT2D eigenvalue weighted by molar-refractivity contribution is 5.77. The van der Waals surface area contributed by atoms with Crippen LogP contribution in [-0.2, 0) is 0 Å². The minimum atomic E-state index is -0.488. The third-order valence-corrected chi connectivity index (χ3v) is 6.23. The fourth-order valence-corrected chi connectivity index (χ4v) is 4.94. The molecule has 0 bridgehead atoms. The summed E-state index contributed by atoms with van der Waals surface area (Å²) in [6.07, 6.45) is 1.94. The number of fused-ring (bicyclic) bond motifs is 1. The minimum Gasteiger partial charge on any atom is -0.496 e. The molecular formula is C18H17INO3+. The SMILES string of the molecule is COc1cc(OC)c([I+]c2cnc3ccccc3c2)c(OC)c1. The molecule has 2 aromatic carbocycles. The second-order valence-corrected chi connectivity index (χ2v) is 7.65. The number of halogens is 1. The molecule has 0 radical (unpaired) electrons. The molecule has 0 atom stereocenters. The van der Waals surface area contributed by atoms with Crippen LogP contribution in [0.4, 0.5) is 0 Å². The normalized spacial score (nSPS) is 10.6. The van der Waals surface area contributed by atoms with Gasteiger partial charge in [0.15, 0.2) is 11.5 Å². The highest BCUT2D eigenvalue weighted by atomic mass is 127. The summed E-state index contributed by atoms with van der Waals surface area (Å²) in [6.45, 7) is 0. The quantitative estimate of drug-likeness (QED) is 0.558. The number of para-hydroxylation sites is 1. The van der Waals surface area contributed by atoms with Crippen molar-refractivity contribution in [3.05, 3.63) is 55.8 Å². The van der Waals surface area contributed by atoms with E-state index in [2.05, 4.69) is 17.1 Å². The van der Waals surface area contributed by atoms with Gasteiger partial charge in [0.1, 0.15) is 5.75 Å². The lowest BCUT2D eigenvalue weighted by Gasteiger charge is -2.08. The molecule has 23 heavy (non-hydrogen) atoms. The fraction of sp³-hybridized carbons (Fsp3) is 0.167. The summed E-state index contributed by atoms with van der Waals surface area (Å²) in [5.41, 5.74) is 1.01. The first kappa shape index (κ1) is 15.9. The van der Waals surface area contributed by atoms with Crippen LogP contribution in [0.5, 0.6) is 17.2 Å². The molecule has 3 rings (SSSR count). The summed E-state index contributed by atoms with van der Waals surface area (Å²) in [6, 6.07) is 14.1. The zero-order chi connectivity index (χ0) is 16.2. The Bertz CT molecular complexity index is 810. The Hall–Kier alpha value is -2.02. The van der Waals surface area contributed by atoms with Crippen LogP contribution in [0, 0.1) is 7.14 Å². The molecule has 0 spiro atoms. The predicted molar refractivity (Wildman–Crippen MR) is 85.2 cm³/mol. The van der Waals surface area contributed by atoms with Crippen molar-refractivity contribution in [2.24, 2.45) is 0 Å². The molecule has 0 N–H and O–H groups in total. The molecule has 5 heteroatoms. The second kappa shape index (κ2) is 7.04. The highest BCUT2D eigenvalue weighted by Gasteiger charge is 2.28. The van der Waals surface area contributed by atoms with E-state index in [-0.39, 0.29) is 0 Å². The van der Waals surface area contributed by atoms with E-state index in [0.717, 1.165) is 31.7 Å². The van der Waals surface area contributed by atoms with Gasteiger partial charge in [0.25, 0.3) is 3.57 Å². The van der Waals surface area contributed by atoms with Crippen LogP contribution >= 0.6 is 0 Å². The monoisotopic (exact) mass is 422 g/mol. The molecule has 0 amide bonds. The van der Waals surface area contributed by atoms with Crippen molar-refractivity contribution in [3.63, 3.8) is 0 Å². The van der Waals surface area contributed by atoms with Crippen molar-refractivity contribution in [2.75, 3.05) is 21.3 Å². The van der Waals surface area contributed by atoms with Gasteiger partial charge in [-0.05, 0) is 6.07 Å². The Balaban J connectivity index is 2.03. The van der Waals surface area contributed by atoms with E-state index >= 15 is 0 Å². The van der Waals surface area contributed by atoms with Gasteiger partial charge >= 0.3 is 21.2 Å². The van der Waals surface area contributed by atoms with Gasteiger partial charge < -0.3 is 14.2 Å². The predicted octanol–water partition coefficient (Wildman–Crippen LogP) is 0.389. The number of hydrogen-bond acceptors (Lipinski definition) is 4. The van der Waals surface area contributed by atoms with Gasteiger partial charge in [-0.2, -0.15) is 0 Å². The Morgan fingerprint density at radius 2 is 1.57 bits per heavy atom. The maximum absolute atomic E-state index is 5.54.